The van der Waals surface area contributed by atoms with Gasteiger partial charge in [0.2, 0.25) is 0 Å². The van der Waals surface area contributed by atoms with Crippen LogP contribution in [0.4, 0.5) is 0 Å². The van der Waals surface area contributed by atoms with Crippen molar-refractivity contribution in [1.82, 2.24) is 0 Å². The van der Waals surface area contributed by atoms with Crippen LogP contribution < -0.4 is 0 Å². The lowest BCUT2D eigenvalue weighted by atomic mass is 9.96. The van der Waals surface area contributed by atoms with Crippen molar-refractivity contribution in [1.29, 1.82) is 0 Å². The summed E-state index contributed by atoms with van der Waals surface area (Å²) >= 11 is 0. The number of hydrogen-bond donors (Lipinski definition) is 0. The minimum Gasteiger partial charge on any atom is -0.293 e. The molecule has 0 heterocycles. The first-order valence-electron chi connectivity index (χ1n) is 3.89. The van der Waals surface area contributed by atoms with Crippen molar-refractivity contribution in [2.75, 3.05) is 6.16 Å². The Kier molecular flexibility index (Phi) is 3.85. The van der Waals surface area contributed by atoms with Gasteiger partial charge in [0.1, 0.15) is 0 Å². The largest absolute Gasteiger partial charge is 0.293 e. The third-order valence-electron chi connectivity index (χ3n) is 1.72. The van der Waals surface area contributed by atoms with Gasteiger partial charge < -0.3 is 0 Å². The zero-order valence-corrected chi connectivity index (χ0v) is 7.96. The molecule has 2 radical (unpaired) electrons. The van der Waals surface area contributed by atoms with E-state index in [1.807, 2.05) is 0 Å². The summed E-state index contributed by atoms with van der Waals surface area (Å²) in [6, 6.07) is 7.01. The first-order chi connectivity index (χ1) is 6.27. The number of carbonyl (C=O) groups is 1. The van der Waals surface area contributed by atoms with Gasteiger partial charge in [0.25, 0.3) is 0 Å². The van der Waals surface area contributed by atoms with Gasteiger partial charge in [-0.25, -0.2) is 0 Å². The van der Waals surface area contributed by atoms with E-state index >= 15 is 0 Å². The third kappa shape index (κ3) is 2.78. The highest BCUT2D eigenvalue weighted by molar-refractivity contribution is 7.25. The molecule has 0 aromatic heterocycles. The van der Waals surface area contributed by atoms with Crippen LogP contribution in [0, 0.1) is 0 Å². The summed E-state index contributed by atoms with van der Waals surface area (Å²) in [7, 11) is 5.26. The van der Waals surface area contributed by atoms with E-state index in [9.17, 15) is 9.36 Å². The summed E-state index contributed by atoms with van der Waals surface area (Å²) in [5.41, 5.74) is 1.57. The maximum Gasteiger partial charge on any atom is 0.174 e. The zero-order valence-electron chi connectivity index (χ0n) is 7.06. The normalized spacial score (nSPS) is 10.2. The Bertz CT molecular complexity index is 308. The van der Waals surface area contributed by atoms with Gasteiger partial charge in [-0.05, 0) is 0 Å². The van der Waals surface area contributed by atoms with Crippen molar-refractivity contribution in [3.63, 3.8) is 0 Å². The first-order valence-corrected chi connectivity index (χ1v) is 4.89. The van der Waals surface area contributed by atoms with E-state index in [1.54, 1.807) is 24.3 Å². The SMILES string of the molecule is [B]Cc1ccc(C(=O)CP=O)cc1. The van der Waals surface area contributed by atoms with Crippen molar-refractivity contribution in [3.05, 3.63) is 35.4 Å². The molecule has 1 aromatic carbocycles. The molecule has 0 N–H and O–H groups in total. The van der Waals surface area contributed by atoms with Gasteiger partial charge >= 0.3 is 0 Å². The molecule has 0 aliphatic heterocycles. The van der Waals surface area contributed by atoms with Crippen LogP contribution in [0.5, 0.6) is 0 Å². The average molecular weight is 190 g/mol. The van der Waals surface area contributed by atoms with Crippen molar-refractivity contribution in [2.24, 2.45) is 0 Å². The van der Waals surface area contributed by atoms with Crippen LogP contribution in [-0.2, 0) is 10.9 Å². The third-order valence-corrected chi connectivity index (χ3v) is 2.14. The summed E-state index contributed by atoms with van der Waals surface area (Å²) in [5, 5.41) is 0. The second kappa shape index (κ2) is 4.93. The number of rotatable bonds is 4. The lowest BCUT2D eigenvalue weighted by Gasteiger charge is -1.98. The van der Waals surface area contributed by atoms with Crippen LogP contribution in [-0.4, -0.2) is 19.8 Å². The summed E-state index contributed by atoms with van der Waals surface area (Å²) in [6.45, 7) is 0. The predicted molar refractivity (Wildman–Crippen MR) is 52.7 cm³/mol. The Hall–Kier alpha value is -0.945. The molecule has 0 saturated heterocycles. The van der Waals surface area contributed by atoms with Crippen LogP contribution in [0.25, 0.3) is 0 Å². The van der Waals surface area contributed by atoms with Crippen molar-refractivity contribution < 1.29 is 9.36 Å². The topological polar surface area (TPSA) is 34.1 Å². The molecule has 64 valence electrons. The summed E-state index contributed by atoms with van der Waals surface area (Å²) in [6.07, 6.45) is 0.510. The van der Waals surface area contributed by atoms with Gasteiger partial charge in [0, 0.05) is 5.56 Å². The number of Topliss-reactive ketones (excluding diaryl/α,β-unsaturated/α-hetero) is 1. The predicted octanol–water partition coefficient (Wildman–Crippen LogP) is 1.83. The molecule has 0 unspecified atom stereocenters. The number of carbonyl (C=O) groups excluding carboxylic acids is 1. The zero-order chi connectivity index (χ0) is 9.68. The van der Waals surface area contributed by atoms with Gasteiger partial charge in [0.05, 0.1) is 14.0 Å². The fraction of sp³-hybridized carbons (Fsp3) is 0.222. The number of hydrogen-bond acceptors (Lipinski definition) is 2. The maximum absolute atomic E-state index is 11.2. The second-order valence-electron chi connectivity index (χ2n) is 2.61. The molecule has 0 aliphatic carbocycles. The van der Waals surface area contributed by atoms with E-state index in [1.165, 1.54) is 0 Å². The first kappa shape index (κ1) is 10.1. The van der Waals surface area contributed by atoms with Crippen molar-refractivity contribution in [2.45, 2.75) is 6.32 Å². The van der Waals surface area contributed by atoms with Crippen molar-refractivity contribution >= 4 is 22.1 Å². The van der Waals surface area contributed by atoms with Gasteiger partial charge in [-0.3, -0.25) is 9.36 Å². The Morgan fingerprint density at radius 1 is 1.31 bits per heavy atom. The molecule has 2 nitrogen and oxygen atoms in total. The fourth-order valence-corrected chi connectivity index (χ4v) is 1.28. The highest BCUT2D eigenvalue weighted by Crippen LogP contribution is 2.07. The average Bonchev–Trinajstić information content (AvgIpc) is 2.18. The maximum atomic E-state index is 11.2. The van der Waals surface area contributed by atoms with Crippen LogP contribution in [0.2, 0.25) is 0 Å². The molecule has 4 heteroatoms. The second-order valence-corrected chi connectivity index (χ2v) is 3.19. The van der Waals surface area contributed by atoms with E-state index in [0.29, 0.717) is 11.9 Å². The number of benzene rings is 1. The smallest absolute Gasteiger partial charge is 0.174 e. The molecule has 0 amide bonds. The Labute approximate surface area is 80.0 Å². The van der Waals surface area contributed by atoms with Gasteiger partial charge in [-0.15, -0.1) is 0 Å². The molecule has 1 aromatic rings. The Morgan fingerprint density at radius 2 is 1.92 bits per heavy atom. The molecule has 0 spiro atoms. The van der Waals surface area contributed by atoms with E-state index < -0.39 is 0 Å². The molecule has 0 saturated carbocycles. The summed E-state index contributed by atoms with van der Waals surface area (Å²) in [4.78, 5) is 11.2. The van der Waals surface area contributed by atoms with E-state index in [0.717, 1.165) is 5.56 Å². The van der Waals surface area contributed by atoms with Crippen LogP contribution in [0.15, 0.2) is 24.3 Å². The molecular weight excluding hydrogens is 182 g/mol. The molecular formula is C9H8BO2P. The highest BCUT2D eigenvalue weighted by Gasteiger charge is 2.04. The van der Waals surface area contributed by atoms with Gasteiger partial charge in [-0.2, -0.15) is 0 Å². The molecule has 0 bridgehead atoms. The minimum atomic E-state index is -0.136. The van der Waals surface area contributed by atoms with Crippen LogP contribution in [0.1, 0.15) is 15.9 Å². The molecule has 0 fully saturated rings. The summed E-state index contributed by atoms with van der Waals surface area (Å²) < 4.78 is 10.2. The summed E-state index contributed by atoms with van der Waals surface area (Å²) in [5.74, 6) is -0.111. The monoisotopic (exact) mass is 190 g/mol. The lowest BCUT2D eigenvalue weighted by Crippen LogP contribution is -2.00. The Morgan fingerprint density at radius 3 is 2.38 bits per heavy atom. The number of ketones is 1. The van der Waals surface area contributed by atoms with Crippen LogP contribution in [0.3, 0.4) is 0 Å². The van der Waals surface area contributed by atoms with Gasteiger partial charge in [-0.1, -0.05) is 36.1 Å². The minimum absolute atomic E-state index is 0.0436. The van der Waals surface area contributed by atoms with E-state index in [4.69, 9.17) is 7.85 Å². The lowest BCUT2D eigenvalue weighted by molar-refractivity contribution is 0.102. The fourth-order valence-electron chi connectivity index (χ4n) is 0.977. The van der Waals surface area contributed by atoms with Gasteiger partial charge in [0.15, 0.2) is 14.2 Å². The van der Waals surface area contributed by atoms with E-state index in [2.05, 4.69) is 0 Å². The van der Waals surface area contributed by atoms with Crippen molar-refractivity contribution in [3.8, 4) is 0 Å². The molecule has 0 aliphatic rings. The highest BCUT2D eigenvalue weighted by atomic mass is 31.1. The standard InChI is InChI=1S/C9H8BO2P/c10-5-7-1-3-8(4-2-7)9(11)6-13-12/h1-4H,5-6H2. The van der Waals surface area contributed by atoms with E-state index in [-0.39, 0.29) is 20.4 Å². The van der Waals surface area contributed by atoms with Crippen LogP contribution >= 0.6 is 8.46 Å². The molecule has 13 heavy (non-hydrogen) atoms. The molecule has 0 atom stereocenters. The Balaban J connectivity index is 2.79. The quantitative estimate of drug-likeness (QED) is 0.412. The molecule has 1 rings (SSSR count).